The van der Waals surface area contributed by atoms with E-state index < -0.39 is 36.2 Å². The predicted octanol–water partition coefficient (Wildman–Crippen LogP) is 7.34. The molecule has 0 radical (unpaired) electrons. The van der Waals surface area contributed by atoms with E-state index in [9.17, 15) is 22.8 Å². The summed E-state index contributed by atoms with van der Waals surface area (Å²) in [5.41, 5.74) is -0.355. The number of rotatable bonds is 15. The molecule has 3 aliphatic heterocycles. The number of ether oxygens (including phenoxy) is 4. The van der Waals surface area contributed by atoms with Gasteiger partial charge in [0.15, 0.2) is 0 Å². The standard InChI is InChI=1S/C37H52NO6.C2HF3O2/c1-3-4-5-6-7-8-17-26-41-36(40)42-29(2)44-37(30-18-11-9-12-19-30,31-20-13-10-14-21-31)35(39)43-34-27-32-22-23-33(28-34)38(32)24-15-16-25-38;3-2(4,5)1(6)7/h9-14,18-21,29,32-34H,3-8,15-17,22-28H2,1-2H3;(H,6,7)/q+1;/p-1. The molecule has 3 saturated heterocycles. The molecule has 3 aliphatic rings. The number of piperidine rings is 1. The quantitative estimate of drug-likeness (QED) is 0.0814. The van der Waals surface area contributed by atoms with E-state index >= 15 is 0 Å². The molecule has 3 heterocycles. The minimum Gasteiger partial charge on any atom is -0.542 e. The van der Waals surface area contributed by atoms with Crippen LogP contribution in [0.2, 0.25) is 0 Å². The van der Waals surface area contributed by atoms with Crippen LogP contribution in [0.4, 0.5) is 18.0 Å². The van der Waals surface area contributed by atoms with Crippen molar-refractivity contribution in [2.75, 3.05) is 19.7 Å². The highest BCUT2D eigenvalue weighted by Gasteiger charge is 2.57. The number of carbonyl (C=O) groups is 3. The molecule has 282 valence electrons. The van der Waals surface area contributed by atoms with Crippen LogP contribution in [0.15, 0.2) is 60.7 Å². The number of carboxylic acid groups (broad SMARTS) is 1. The molecule has 5 rings (SSSR count). The Bertz CT molecular complexity index is 1330. The molecule has 12 heteroatoms. The Kier molecular flexibility index (Phi) is 14.7. The molecular formula is C39H52F3NO8. The normalized spacial score (nSPS) is 21.3. The van der Waals surface area contributed by atoms with Gasteiger partial charge in [-0.25, -0.2) is 9.59 Å². The largest absolute Gasteiger partial charge is 0.542 e. The topological polar surface area (TPSA) is 111 Å². The van der Waals surface area contributed by atoms with Crippen LogP contribution in [0.5, 0.6) is 0 Å². The van der Waals surface area contributed by atoms with Crippen molar-refractivity contribution in [3.05, 3.63) is 71.8 Å². The van der Waals surface area contributed by atoms with Crippen LogP contribution in [0.3, 0.4) is 0 Å². The van der Waals surface area contributed by atoms with E-state index in [4.69, 9.17) is 28.8 Å². The van der Waals surface area contributed by atoms with Gasteiger partial charge in [-0.15, -0.1) is 0 Å². The monoisotopic (exact) mass is 719 g/mol. The van der Waals surface area contributed by atoms with E-state index in [1.165, 1.54) is 68.9 Å². The fraction of sp³-hybridized carbons (Fsp3) is 0.615. The lowest BCUT2D eigenvalue weighted by atomic mass is 9.85. The van der Waals surface area contributed by atoms with Gasteiger partial charge >= 0.3 is 18.3 Å². The van der Waals surface area contributed by atoms with Crippen LogP contribution in [-0.2, 0) is 34.1 Å². The van der Waals surface area contributed by atoms with Gasteiger partial charge < -0.3 is 33.3 Å². The molecule has 0 amide bonds. The third-order valence-corrected chi connectivity index (χ3v) is 10.5. The zero-order valence-corrected chi connectivity index (χ0v) is 29.7. The van der Waals surface area contributed by atoms with Gasteiger partial charge in [0.1, 0.15) is 12.1 Å². The number of halogens is 3. The minimum atomic E-state index is -5.19. The summed E-state index contributed by atoms with van der Waals surface area (Å²) in [5, 5.41) is 8.78. The number of hydrogen-bond acceptors (Lipinski definition) is 8. The van der Waals surface area contributed by atoms with E-state index in [1.807, 2.05) is 60.7 Å². The summed E-state index contributed by atoms with van der Waals surface area (Å²) in [6.45, 7) is 6.67. The number of hydrogen-bond donors (Lipinski definition) is 0. The van der Waals surface area contributed by atoms with E-state index in [-0.39, 0.29) is 6.10 Å². The van der Waals surface area contributed by atoms with Crippen molar-refractivity contribution in [1.29, 1.82) is 0 Å². The van der Waals surface area contributed by atoms with Gasteiger partial charge in [-0.1, -0.05) is 106 Å². The van der Waals surface area contributed by atoms with Gasteiger partial charge in [-0.2, -0.15) is 13.2 Å². The number of carbonyl (C=O) groups excluding carboxylic acids is 3. The van der Waals surface area contributed by atoms with Gasteiger partial charge in [0.25, 0.3) is 0 Å². The molecule has 0 N–H and O–H groups in total. The smallest absolute Gasteiger partial charge is 0.510 e. The zero-order chi connectivity index (χ0) is 36.9. The van der Waals surface area contributed by atoms with Crippen LogP contribution in [0, 0.1) is 0 Å². The lowest BCUT2D eigenvalue weighted by Gasteiger charge is -2.47. The second-order valence-electron chi connectivity index (χ2n) is 13.9. The molecule has 2 aromatic carbocycles. The van der Waals surface area contributed by atoms with Crippen LogP contribution >= 0.6 is 0 Å². The predicted molar refractivity (Wildman–Crippen MR) is 181 cm³/mol. The molecule has 3 atom stereocenters. The van der Waals surface area contributed by atoms with Crippen molar-refractivity contribution in [1.82, 2.24) is 0 Å². The lowest BCUT2D eigenvalue weighted by molar-refractivity contribution is -0.956. The molecule has 3 unspecified atom stereocenters. The van der Waals surface area contributed by atoms with Crippen molar-refractivity contribution < 1.29 is 56.1 Å². The van der Waals surface area contributed by atoms with E-state index in [2.05, 4.69) is 6.92 Å². The Morgan fingerprint density at radius 3 is 1.80 bits per heavy atom. The molecule has 9 nitrogen and oxygen atoms in total. The summed E-state index contributed by atoms with van der Waals surface area (Å²) in [5.74, 6) is -3.48. The lowest BCUT2D eigenvalue weighted by Crippen LogP contribution is -2.60. The van der Waals surface area contributed by atoms with Crippen LogP contribution in [-0.4, -0.2) is 72.9 Å². The molecule has 0 saturated carbocycles. The Morgan fingerprint density at radius 2 is 1.31 bits per heavy atom. The maximum absolute atomic E-state index is 14.5. The molecule has 3 fully saturated rings. The van der Waals surface area contributed by atoms with Crippen molar-refractivity contribution >= 4 is 18.1 Å². The first kappa shape index (κ1) is 40.1. The average Bonchev–Trinajstić information content (AvgIpc) is 3.65. The molecule has 51 heavy (non-hydrogen) atoms. The second kappa shape index (κ2) is 18.7. The Balaban J connectivity index is 0.000000755. The summed E-state index contributed by atoms with van der Waals surface area (Å²) in [6.07, 6.45) is 7.49. The third-order valence-electron chi connectivity index (χ3n) is 10.5. The Hall–Kier alpha value is -3.64. The molecular weight excluding hydrogens is 667 g/mol. The highest BCUT2D eigenvalue weighted by Crippen LogP contribution is 2.47. The van der Waals surface area contributed by atoms with Crippen molar-refractivity contribution in [3.8, 4) is 0 Å². The summed E-state index contributed by atoms with van der Waals surface area (Å²) in [4.78, 5) is 35.9. The summed E-state index contributed by atoms with van der Waals surface area (Å²) in [6, 6.07) is 19.9. The van der Waals surface area contributed by atoms with E-state index in [0.29, 0.717) is 29.8 Å². The number of benzene rings is 2. The first-order chi connectivity index (χ1) is 24.4. The minimum absolute atomic E-state index is 0.164. The number of quaternary nitrogens is 1. The highest BCUT2D eigenvalue weighted by molar-refractivity contribution is 5.86. The first-order valence-electron chi connectivity index (χ1n) is 18.4. The number of aliphatic carboxylic acids is 1. The second-order valence-corrected chi connectivity index (χ2v) is 13.9. The first-order valence-corrected chi connectivity index (χ1v) is 18.4. The maximum Gasteiger partial charge on any atom is 0.510 e. The molecule has 0 aromatic heterocycles. The summed E-state index contributed by atoms with van der Waals surface area (Å²) < 4.78 is 56.7. The third kappa shape index (κ3) is 10.5. The average molecular weight is 720 g/mol. The zero-order valence-electron chi connectivity index (χ0n) is 29.7. The van der Waals surface area contributed by atoms with Crippen molar-refractivity contribution in [2.45, 2.75) is 134 Å². The van der Waals surface area contributed by atoms with Gasteiger partial charge in [-0.05, 0) is 24.5 Å². The fourth-order valence-corrected chi connectivity index (χ4v) is 8.13. The van der Waals surface area contributed by atoms with Gasteiger partial charge in [-0.3, -0.25) is 0 Å². The Labute approximate surface area is 299 Å². The maximum atomic E-state index is 14.5. The SMILES string of the molecule is CCCCCCCCCOC(=O)OC(C)OC(C(=O)OC1CC2CCC(C1)[N+]21CCCC1)(c1ccccc1)c1ccccc1.O=C([O-])C(F)(F)F. The van der Waals surface area contributed by atoms with Gasteiger partial charge in [0.05, 0.1) is 31.8 Å². The molecule has 1 spiro atoms. The number of esters is 1. The number of nitrogens with zero attached hydrogens (tertiary/aromatic N) is 1. The molecule has 2 bridgehead atoms. The highest BCUT2D eigenvalue weighted by atomic mass is 19.4. The summed E-state index contributed by atoms with van der Waals surface area (Å²) >= 11 is 0. The van der Waals surface area contributed by atoms with Crippen molar-refractivity contribution in [3.63, 3.8) is 0 Å². The molecule has 0 aliphatic carbocycles. The van der Waals surface area contributed by atoms with E-state index in [0.717, 1.165) is 32.1 Å². The number of carboxylic acids is 1. The van der Waals surface area contributed by atoms with Crippen LogP contribution in [0.25, 0.3) is 0 Å². The van der Waals surface area contributed by atoms with Crippen molar-refractivity contribution in [2.24, 2.45) is 0 Å². The number of alkyl halides is 3. The van der Waals surface area contributed by atoms with E-state index in [1.54, 1.807) is 6.92 Å². The fourth-order valence-electron chi connectivity index (χ4n) is 8.13. The van der Waals surface area contributed by atoms with Crippen LogP contribution < -0.4 is 5.11 Å². The van der Waals surface area contributed by atoms with Gasteiger partial charge in [0, 0.05) is 38.5 Å². The number of unbranched alkanes of at least 4 members (excludes halogenated alkanes) is 6. The van der Waals surface area contributed by atoms with Gasteiger partial charge in [0.2, 0.25) is 11.9 Å². The molecule has 2 aromatic rings. The van der Waals surface area contributed by atoms with Crippen LogP contribution in [0.1, 0.15) is 108 Å². The summed E-state index contributed by atoms with van der Waals surface area (Å²) in [7, 11) is 0. The Morgan fingerprint density at radius 1 is 0.824 bits per heavy atom.